The highest BCUT2D eigenvalue weighted by atomic mass is 32.1. The Kier molecular flexibility index (Phi) is 4.53. The molecule has 1 unspecified atom stereocenters. The van der Waals surface area contributed by atoms with Crippen LogP contribution in [-0.4, -0.2) is 16.7 Å². The summed E-state index contributed by atoms with van der Waals surface area (Å²) in [7, 11) is 0. The van der Waals surface area contributed by atoms with Crippen molar-refractivity contribution in [3.63, 3.8) is 0 Å². The van der Waals surface area contributed by atoms with E-state index in [-0.39, 0.29) is 5.54 Å². The van der Waals surface area contributed by atoms with Gasteiger partial charge >= 0.3 is 0 Å². The van der Waals surface area contributed by atoms with Crippen molar-refractivity contribution in [3.8, 4) is 0 Å². The minimum Gasteiger partial charge on any atom is -0.360 e. The van der Waals surface area contributed by atoms with Gasteiger partial charge in [0.25, 0.3) is 0 Å². The normalized spacial score (nSPS) is 13.8. The SMILES string of the molecule is CCC(C)NC(=S)NC(C)(C)C. The van der Waals surface area contributed by atoms with Gasteiger partial charge in [0.05, 0.1) is 0 Å². The Morgan fingerprint density at radius 1 is 1.42 bits per heavy atom. The summed E-state index contributed by atoms with van der Waals surface area (Å²) in [5.41, 5.74) is 0.0531. The van der Waals surface area contributed by atoms with Crippen LogP contribution < -0.4 is 10.6 Å². The molecule has 0 aromatic heterocycles. The molecule has 0 amide bonds. The molecule has 0 aliphatic heterocycles. The summed E-state index contributed by atoms with van der Waals surface area (Å²) in [6.45, 7) is 10.5. The highest BCUT2D eigenvalue weighted by Crippen LogP contribution is 1.98. The van der Waals surface area contributed by atoms with Crippen molar-refractivity contribution in [2.24, 2.45) is 0 Å². The van der Waals surface area contributed by atoms with Crippen molar-refractivity contribution in [1.29, 1.82) is 0 Å². The van der Waals surface area contributed by atoms with Gasteiger partial charge in [-0.1, -0.05) is 6.92 Å². The summed E-state index contributed by atoms with van der Waals surface area (Å²) < 4.78 is 0. The molecule has 72 valence electrons. The van der Waals surface area contributed by atoms with E-state index in [0.29, 0.717) is 6.04 Å². The third-order valence-corrected chi connectivity index (χ3v) is 1.70. The molecular formula is C9H20N2S. The van der Waals surface area contributed by atoms with Crippen LogP contribution in [0.2, 0.25) is 0 Å². The average Bonchev–Trinajstić information content (AvgIpc) is 1.82. The number of thiocarbonyl (C=S) groups is 1. The van der Waals surface area contributed by atoms with Gasteiger partial charge in [0.15, 0.2) is 5.11 Å². The van der Waals surface area contributed by atoms with Crippen molar-refractivity contribution in [2.45, 2.75) is 52.6 Å². The lowest BCUT2D eigenvalue weighted by molar-refractivity contribution is 0.498. The van der Waals surface area contributed by atoms with Crippen LogP contribution in [0.5, 0.6) is 0 Å². The molecule has 0 fully saturated rings. The maximum Gasteiger partial charge on any atom is 0.166 e. The Hall–Kier alpha value is -0.310. The zero-order valence-corrected chi connectivity index (χ0v) is 9.51. The molecule has 3 heteroatoms. The minimum atomic E-state index is 0.0531. The van der Waals surface area contributed by atoms with Gasteiger partial charge in [-0.15, -0.1) is 0 Å². The first-order valence-corrected chi connectivity index (χ1v) is 4.84. The summed E-state index contributed by atoms with van der Waals surface area (Å²) in [4.78, 5) is 0. The number of rotatable bonds is 2. The van der Waals surface area contributed by atoms with Gasteiger partial charge in [0, 0.05) is 11.6 Å². The number of hydrogen-bond donors (Lipinski definition) is 2. The molecule has 1 atom stereocenters. The molecule has 12 heavy (non-hydrogen) atoms. The van der Waals surface area contributed by atoms with E-state index in [1.807, 2.05) is 0 Å². The molecule has 2 nitrogen and oxygen atoms in total. The van der Waals surface area contributed by atoms with E-state index in [1.54, 1.807) is 0 Å². The van der Waals surface area contributed by atoms with Crippen LogP contribution in [0, 0.1) is 0 Å². The fraction of sp³-hybridized carbons (Fsp3) is 0.889. The Labute approximate surface area is 81.1 Å². The second-order valence-electron chi connectivity index (χ2n) is 4.16. The Morgan fingerprint density at radius 2 is 1.92 bits per heavy atom. The van der Waals surface area contributed by atoms with Gasteiger partial charge in [0.1, 0.15) is 0 Å². The molecule has 0 saturated heterocycles. The summed E-state index contributed by atoms with van der Waals surface area (Å²) >= 11 is 5.12. The molecule has 0 aliphatic rings. The van der Waals surface area contributed by atoms with Crippen LogP contribution in [0.25, 0.3) is 0 Å². The van der Waals surface area contributed by atoms with E-state index in [2.05, 4.69) is 45.3 Å². The van der Waals surface area contributed by atoms with Crippen LogP contribution in [-0.2, 0) is 0 Å². The van der Waals surface area contributed by atoms with Crippen LogP contribution in [0.3, 0.4) is 0 Å². The van der Waals surface area contributed by atoms with E-state index in [1.165, 1.54) is 0 Å². The van der Waals surface area contributed by atoms with Gasteiger partial charge in [-0.05, 0) is 46.3 Å². The Bertz CT molecular complexity index is 149. The van der Waals surface area contributed by atoms with Crippen molar-refractivity contribution < 1.29 is 0 Å². The van der Waals surface area contributed by atoms with E-state index in [9.17, 15) is 0 Å². The van der Waals surface area contributed by atoms with Crippen molar-refractivity contribution in [3.05, 3.63) is 0 Å². The lowest BCUT2D eigenvalue weighted by Gasteiger charge is -2.24. The third kappa shape index (κ3) is 6.40. The van der Waals surface area contributed by atoms with Gasteiger partial charge < -0.3 is 10.6 Å². The second kappa shape index (κ2) is 4.65. The maximum absolute atomic E-state index is 5.12. The van der Waals surface area contributed by atoms with Crippen LogP contribution in [0.15, 0.2) is 0 Å². The zero-order valence-electron chi connectivity index (χ0n) is 8.69. The van der Waals surface area contributed by atoms with Gasteiger partial charge in [0.2, 0.25) is 0 Å². The van der Waals surface area contributed by atoms with Crippen LogP contribution >= 0.6 is 12.2 Å². The minimum absolute atomic E-state index is 0.0531. The standard InChI is InChI=1S/C9H20N2S/c1-6-7(2)10-8(12)11-9(3,4)5/h7H,6H2,1-5H3,(H2,10,11,12). The smallest absolute Gasteiger partial charge is 0.166 e. The summed E-state index contributed by atoms with van der Waals surface area (Å²) in [6, 6.07) is 0.451. The van der Waals surface area contributed by atoms with Crippen molar-refractivity contribution >= 4 is 17.3 Å². The number of nitrogens with one attached hydrogen (secondary N) is 2. The van der Waals surface area contributed by atoms with Gasteiger partial charge in [-0.3, -0.25) is 0 Å². The molecule has 2 N–H and O–H groups in total. The monoisotopic (exact) mass is 188 g/mol. The van der Waals surface area contributed by atoms with E-state index >= 15 is 0 Å². The summed E-state index contributed by atoms with van der Waals surface area (Å²) in [5, 5.41) is 7.16. The molecule has 0 aromatic rings. The molecule has 0 aliphatic carbocycles. The van der Waals surface area contributed by atoms with E-state index < -0.39 is 0 Å². The Morgan fingerprint density at radius 3 is 2.25 bits per heavy atom. The zero-order chi connectivity index (χ0) is 9.78. The molecule has 0 saturated carbocycles. The lowest BCUT2D eigenvalue weighted by atomic mass is 10.1. The summed E-state index contributed by atoms with van der Waals surface area (Å²) in [6.07, 6.45) is 1.09. The van der Waals surface area contributed by atoms with Crippen molar-refractivity contribution in [2.75, 3.05) is 0 Å². The molecule has 0 rings (SSSR count). The topological polar surface area (TPSA) is 24.1 Å². The molecule has 0 aromatic carbocycles. The fourth-order valence-electron chi connectivity index (χ4n) is 0.703. The largest absolute Gasteiger partial charge is 0.360 e. The highest BCUT2D eigenvalue weighted by molar-refractivity contribution is 7.80. The van der Waals surface area contributed by atoms with E-state index in [0.717, 1.165) is 11.5 Å². The van der Waals surface area contributed by atoms with Crippen LogP contribution in [0.4, 0.5) is 0 Å². The average molecular weight is 188 g/mol. The summed E-state index contributed by atoms with van der Waals surface area (Å²) in [5.74, 6) is 0. The molecule has 0 radical (unpaired) electrons. The third-order valence-electron chi connectivity index (χ3n) is 1.48. The maximum atomic E-state index is 5.12. The first-order chi connectivity index (χ1) is 5.35. The first kappa shape index (κ1) is 11.7. The predicted molar refractivity (Wildman–Crippen MR) is 58.4 cm³/mol. The number of hydrogen-bond acceptors (Lipinski definition) is 1. The second-order valence-corrected chi connectivity index (χ2v) is 4.57. The lowest BCUT2D eigenvalue weighted by Crippen LogP contribution is -2.48. The molecule has 0 bridgehead atoms. The van der Waals surface area contributed by atoms with E-state index in [4.69, 9.17) is 12.2 Å². The van der Waals surface area contributed by atoms with Crippen LogP contribution in [0.1, 0.15) is 41.0 Å². The fourth-order valence-corrected chi connectivity index (χ4v) is 1.21. The highest BCUT2D eigenvalue weighted by Gasteiger charge is 2.11. The van der Waals surface area contributed by atoms with Gasteiger partial charge in [-0.25, -0.2) is 0 Å². The molecule has 0 spiro atoms. The quantitative estimate of drug-likeness (QED) is 0.649. The van der Waals surface area contributed by atoms with Crippen molar-refractivity contribution in [1.82, 2.24) is 10.6 Å². The Balaban J connectivity index is 3.75. The predicted octanol–water partition coefficient (Wildman–Crippen LogP) is 2.05. The first-order valence-electron chi connectivity index (χ1n) is 4.44. The molecular weight excluding hydrogens is 168 g/mol. The molecule has 0 heterocycles. The van der Waals surface area contributed by atoms with Gasteiger partial charge in [-0.2, -0.15) is 0 Å².